The lowest BCUT2D eigenvalue weighted by Crippen LogP contribution is -2.39. The van der Waals surface area contributed by atoms with Gasteiger partial charge in [0, 0.05) is 6.61 Å². The number of aromatic nitrogens is 3. The summed E-state index contributed by atoms with van der Waals surface area (Å²) < 4.78 is 10.5. The van der Waals surface area contributed by atoms with Gasteiger partial charge in [0.15, 0.2) is 5.82 Å². The SMILES string of the molecule is CCOCC(C)(N)c1noc(-c2scnc2C)n1. The number of thiazole rings is 1. The molecule has 2 aromatic rings. The maximum atomic E-state index is 6.11. The zero-order valence-corrected chi connectivity index (χ0v) is 11.5. The van der Waals surface area contributed by atoms with Crippen LogP contribution in [0.2, 0.25) is 0 Å². The van der Waals surface area contributed by atoms with Gasteiger partial charge in [0.1, 0.15) is 10.4 Å². The van der Waals surface area contributed by atoms with Crippen LogP contribution in [0.1, 0.15) is 25.4 Å². The maximum absolute atomic E-state index is 6.11. The first-order chi connectivity index (χ1) is 8.54. The Morgan fingerprint density at radius 3 is 2.94 bits per heavy atom. The molecule has 0 aliphatic rings. The molecule has 18 heavy (non-hydrogen) atoms. The molecule has 0 spiro atoms. The predicted molar refractivity (Wildman–Crippen MR) is 68.2 cm³/mol. The second-order valence-electron chi connectivity index (χ2n) is 4.24. The fourth-order valence-electron chi connectivity index (χ4n) is 1.43. The summed E-state index contributed by atoms with van der Waals surface area (Å²) in [5.41, 5.74) is 7.97. The molecule has 0 saturated carbocycles. The van der Waals surface area contributed by atoms with Crippen molar-refractivity contribution in [1.82, 2.24) is 15.1 Å². The van der Waals surface area contributed by atoms with Crippen molar-refractivity contribution >= 4 is 11.3 Å². The highest BCUT2D eigenvalue weighted by Crippen LogP contribution is 2.27. The second-order valence-corrected chi connectivity index (χ2v) is 5.10. The van der Waals surface area contributed by atoms with Crippen molar-refractivity contribution in [2.75, 3.05) is 13.2 Å². The van der Waals surface area contributed by atoms with Gasteiger partial charge in [-0.2, -0.15) is 4.98 Å². The van der Waals surface area contributed by atoms with E-state index in [-0.39, 0.29) is 0 Å². The molecule has 98 valence electrons. The van der Waals surface area contributed by atoms with Crippen LogP contribution in [0.5, 0.6) is 0 Å². The molecule has 7 heteroatoms. The first-order valence-electron chi connectivity index (χ1n) is 5.66. The summed E-state index contributed by atoms with van der Waals surface area (Å²) >= 11 is 1.47. The first kappa shape index (κ1) is 13.1. The summed E-state index contributed by atoms with van der Waals surface area (Å²) in [5, 5.41) is 3.93. The van der Waals surface area contributed by atoms with Crippen molar-refractivity contribution in [2.45, 2.75) is 26.3 Å². The van der Waals surface area contributed by atoms with Gasteiger partial charge in [-0.3, -0.25) is 0 Å². The van der Waals surface area contributed by atoms with Crippen LogP contribution in [0.15, 0.2) is 10.0 Å². The summed E-state index contributed by atoms with van der Waals surface area (Å²) in [4.78, 5) is 9.35. The Morgan fingerprint density at radius 1 is 1.56 bits per heavy atom. The molecule has 0 aliphatic heterocycles. The van der Waals surface area contributed by atoms with Crippen molar-refractivity contribution in [3.8, 4) is 10.8 Å². The molecule has 2 N–H and O–H groups in total. The van der Waals surface area contributed by atoms with E-state index in [4.69, 9.17) is 15.0 Å². The van der Waals surface area contributed by atoms with Crippen molar-refractivity contribution in [3.63, 3.8) is 0 Å². The maximum Gasteiger partial charge on any atom is 0.269 e. The van der Waals surface area contributed by atoms with E-state index in [0.29, 0.717) is 24.9 Å². The van der Waals surface area contributed by atoms with Crippen molar-refractivity contribution in [1.29, 1.82) is 0 Å². The highest BCUT2D eigenvalue weighted by molar-refractivity contribution is 7.13. The molecule has 0 amide bonds. The number of rotatable bonds is 5. The average Bonchev–Trinajstić information content (AvgIpc) is 2.94. The van der Waals surface area contributed by atoms with E-state index in [0.717, 1.165) is 10.6 Å². The number of aryl methyl sites for hydroxylation is 1. The largest absolute Gasteiger partial charge is 0.379 e. The third-order valence-corrected chi connectivity index (χ3v) is 3.40. The lowest BCUT2D eigenvalue weighted by Gasteiger charge is -2.19. The predicted octanol–water partition coefficient (Wildman–Crippen LogP) is 1.71. The van der Waals surface area contributed by atoms with Crippen molar-refractivity contribution in [3.05, 3.63) is 17.0 Å². The molecule has 0 fully saturated rings. The van der Waals surface area contributed by atoms with Gasteiger partial charge < -0.3 is 15.0 Å². The van der Waals surface area contributed by atoms with Crippen LogP contribution < -0.4 is 5.73 Å². The fraction of sp³-hybridized carbons (Fsp3) is 0.545. The summed E-state index contributed by atoms with van der Waals surface area (Å²) in [6.07, 6.45) is 0. The number of hydrogen-bond acceptors (Lipinski definition) is 7. The number of hydrogen-bond donors (Lipinski definition) is 1. The summed E-state index contributed by atoms with van der Waals surface area (Å²) in [6, 6.07) is 0. The molecule has 1 atom stereocenters. The molecule has 2 rings (SSSR count). The van der Waals surface area contributed by atoms with Crippen molar-refractivity contribution in [2.24, 2.45) is 5.73 Å². The van der Waals surface area contributed by atoms with Crippen LogP contribution in [0.25, 0.3) is 10.8 Å². The number of nitrogens with two attached hydrogens (primary N) is 1. The molecule has 1 unspecified atom stereocenters. The minimum absolute atomic E-state index is 0.351. The molecule has 6 nitrogen and oxygen atoms in total. The van der Waals surface area contributed by atoms with E-state index >= 15 is 0 Å². The Morgan fingerprint density at radius 2 is 2.33 bits per heavy atom. The molecule has 0 aromatic carbocycles. The molecular weight excluding hydrogens is 252 g/mol. The van der Waals surface area contributed by atoms with Gasteiger partial charge in [0.05, 0.1) is 17.8 Å². The molecule has 0 bridgehead atoms. The molecule has 0 aliphatic carbocycles. The molecule has 2 heterocycles. The van der Waals surface area contributed by atoms with Crippen molar-refractivity contribution < 1.29 is 9.26 Å². The van der Waals surface area contributed by atoms with E-state index in [1.165, 1.54) is 11.3 Å². The van der Waals surface area contributed by atoms with Crippen LogP contribution in [-0.2, 0) is 10.3 Å². The molecular formula is C11H16N4O2S. The van der Waals surface area contributed by atoms with Gasteiger partial charge in [-0.05, 0) is 20.8 Å². The van der Waals surface area contributed by atoms with Crippen LogP contribution >= 0.6 is 11.3 Å². The minimum Gasteiger partial charge on any atom is -0.379 e. The van der Waals surface area contributed by atoms with Gasteiger partial charge in [-0.1, -0.05) is 5.16 Å². The average molecular weight is 268 g/mol. The monoisotopic (exact) mass is 268 g/mol. The standard InChI is InChI=1S/C11H16N4O2S/c1-4-16-5-11(3,12)10-14-9(17-15-10)8-7(2)13-6-18-8/h6H,4-5,12H2,1-3H3. The summed E-state index contributed by atoms with van der Waals surface area (Å²) in [5.74, 6) is 0.900. The molecule has 0 saturated heterocycles. The van der Waals surface area contributed by atoms with Gasteiger partial charge >= 0.3 is 0 Å². The van der Waals surface area contributed by atoms with E-state index < -0.39 is 5.54 Å². The first-order valence-corrected chi connectivity index (χ1v) is 6.54. The van der Waals surface area contributed by atoms with Gasteiger partial charge in [-0.15, -0.1) is 11.3 Å². The van der Waals surface area contributed by atoms with E-state index in [2.05, 4.69) is 15.1 Å². The van der Waals surface area contributed by atoms with E-state index in [9.17, 15) is 0 Å². The third kappa shape index (κ3) is 2.58. The Bertz CT molecular complexity index is 521. The highest BCUT2D eigenvalue weighted by atomic mass is 32.1. The Kier molecular flexibility index (Phi) is 3.74. The van der Waals surface area contributed by atoms with Crippen LogP contribution in [0.3, 0.4) is 0 Å². The molecule has 0 radical (unpaired) electrons. The Labute approximate surface area is 109 Å². The Hall–Kier alpha value is -1.31. The van der Waals surface area contributed by atoms with Crippen LogP contribution in [0, 0.1) is 6.92 Å². The normalized spacial score (nSPS) is 14.7. The quantitative estimate of drug-likeness (QED) is 0.888. The lowest BCUT2D eigenvalue weighted by molar-refractivity contribution is 0.0962. The second kappa shape index (κ2) is 5.13. The zero-order chi connectivity index (χ0) is 13.2. The van der Waals surface area contributed by atoms with E-state index in [1.54, 1.807) is 5.51 Å². The smallest absolute Gasteiger partial charge is 0.269 e. The Balaban J connectivity index is 2.23. The summed E-state index contributed by atoms with van der Waals surface area (Å²) in [6.45, 7) is 6.59. The zero-order valence-electron chi connectivity index (χ0n) is 10.6. The highest BCUT2D eigenvalue weighted by Gasteiger charge is 2.28. The van der Waals surface area contributed by atoms with Crippen LogP contribution in [-0.4, -0.2) is 28.3 Å². The van der Waals surface area contributed by atoms with Crippen LogP contribution in [0.4, 0.5) is 0 Å². The topological polar surface area (TPSA) is 87.1 Å². The minimum atomic E-state index is -0.754. The van der Waals surface area contributed by atoms with Gasteiger partial charge in [-0.25, -0.2) is 4.98 Å². The lowest BCUT2D eigenvalue weighted by atomic mass is 10.1. The van der Waals surface area contributed by atoms with Gasteiger partial charge in [0.2, 0.25) is 0 Å². The number of nitrogens with zero attached hydrogens (tertiary/aromatic N) is 3. The fourth-order valence-corrected chi connectivity index (χ4v) is 2.16. The number of ether oxygens (including phenoxy) is 1. The molecule has 2 aromatic heterocycles. The van der Waals surface area contributed by atoms with Gasteiger partial charge in [0.25, 0.3) is 5.89 Å². The van der Waals surface area contributed by atoms with E-state index in [1.807, 2.05) is 20.8 Å². The third-order valence-electron chi connectivity index (χ3n) is 2.48. The summed E-state index contributed by atoms with van der Waals surface area (Å²) in [7, 11) is 0.